The van der Waals surface area contributed by atoms with E-state index in [0.29, 0.717) is 17.1 Å². The van der Waals surface area contributed by atoms with Gasteiger partial charge in [-0.1, -0.05) is 0 Å². The minimum atomic E-state index is -0.550. The first-order valence-corrected chi connectivity index (χ1v) is 8.21. The second-order valence-corrected chi connectivity index (χ2v) is 5.81. The number of carbonyl (C=O) groups is 2. The van der Waals surface area contributed by atoms with Crippen LogP contribution in [0.2, 0.25) is 0 Å². The van der Waals surface area contributed by atoms with Crippen LogP contribution >= 0.6 is 0 Å². The van der Waals surface area contributed by atoms with E-state index in [1.165, 1.54) is 0 Å². The highest BCUT2D eigenvalue weighted by molar-refractivity contribution is 6.00. The maximum Gasteiger partial charge on any atom is 0.323 e. The molecule has 138 valence electrons. The van der Waals surface area contributed by atoms with Gasteiger partial charge >= 0.3 is 6.03 Å². The molecule has 0 spiro atoms. The normalized spacial score (nSPS) is 10.3. The summed E-state index contributed by atoms with van der Waals surface area (Å²) in [6, 6.07) is 13.7. The summed E-state index contributed by atoms with van der Waals surface area (Å²) in [6.45, 7) is 1.72. The Morgan fingerprint density at radius 2 is 1.93 bits per heavy atom. The third-order valence-corrected chi connectivity index (χ3v) is 3.72. The first kappa shape index (κ1) is 18.0. The summed E-state index contributed by atoms with van der Waals surface area (Å²) < 4.78 is 6.92. The molecular weight excluding hydrogens is 346 g/mol. The Bertz CT molecular complexity index is 936. The molecule has 3 rings (SSSR count). The number of anilines is 2. The Labute approximate surface area is 155 Å². The number of rotatable bonds is 6. The van der Waals surface area contributed by atoms with Gasteiger partial charge in [0.25, 0.3) is 5.91 Å². The van der Waals surface area contributed by atoms with Crippen LogP contribution in [0.1, 0.15) is 5.56 Å². The first-order valence-electron chi connectivity index (χ1n) is 8.21. The molecule has 0 saturated carbocycles. The predicted octanol–water partition coefficient (Wildman–Crippen LogP) is 2.69. The molecule has 0 aliphatic rings. The molecule has 27 heavy (non-hydrogen) atoms. The Morgan fingerprint density at radius 1 is 1.15 bits per heavy atom. The highest BCUT2D eigenvalue weighted by Gasteiger charge is 2.07. The summed E-state index contributed by atoms with van der Waals surface area (Å²) in [4.78, 5) is 22.9. The average molecular weight is 365 g/mol. The van der Waals surface area contributed by atoms with Crippen LogP contribution in [-0.4, -0.2) is 28.3 Å². The number of aryl methyl sites for hydroxylation is 1. The molecule has 0 fully saturated rings. The number of nitrogens with two attached hydrogens (primary N) is 1. The van der Waals surface area contributed by atoms with Crippen molar-refractivity contribution < 1.29 is 14.3 Å². The minimum absolute atomic E-state index is 0.193. The highest BCUT2D eigenvalue weighted by Crippen LogP contribution is 2.20. The van der Waals surface area contributed by atoms with Gasteiger partial charge in [-0.15, -0.1) is 0 Å². The fourth-order valence-electron chi connectivity index (χ4n) is 2.43. The number of hydrogen-bond donors (Lipinski definition) is 3. The van der Waals surface area contributed by atoms with Crippen LogP contribution in [0.3, 0.4) is 0 Å². The Kier molecular flexibility index (Phi) is 5.36. The van der Waals surface area contributed by atoms with E-state index in [0.717, 1.165) is 11.3 Å². The number of nitrogens with zero attached hydrogens (tertiary/aromatic N) is 2. The molecule has 4 N–H and O–H groups in total. The van der Waals surface area contributed by atoms with Crippen LogP contribution in [0.5, 0.6) is 5.75 Å². The minimum Gasteiger partial charge on any atom is -0.484 e. The summed E-state index contributed by atoms with van der Waals surface area (Å²) in [5.74, 6) is -0.0599. The standard InChI is InChI=1S/C19H19N5O3/c1-13-11-15(24-10-2-9-21-24)5-8-17(13)23-19(26)22-14-3-6-16(7-4-14)27-12-18(20)25/h2-11H,12H2,1H3,(H2,20,25)(H2,22,23,26). The fraction of sp³-hybridized carbons (Fsp3) is 0.105. The number of aromatic nitrogens is 2. The van der Waals surface area contributed by atoms with Gasteiger partial charge < -0.3 is 21.1 Å². The maximum absolute atomic E-state index is 12.2. The Balaban J connectivity index is 1.60. The smallest absolute Gasteiger partial charge is 0.323 e. The molecule has 0 saturated heterocycles. The molecule has 3 amide bonds. The molecule has 0 aliphatic heterocycles. The molecule has 0 radical (unpaired) electrons. The summed E-state index contributed by atoms with van der Waals surface area (Å²) in [6.07, 6.45) is 3.56. The van der Waals surface area contributed by atoms with Crippen LogP contribution in [0, 0.1) is 6.92 Å². The number of nitrogens with one attached hydrogen (secondary N) is 2. The van der Waals surface area contributed by atoms with Crippen molar-refractivity contribution >= 4 is 23.3 Å². The van der Waals surface area contributed by atoms with Gasteiger partial charge in [0.05, 0.1) is 5.69 Å². The topological polar surface area (TPSA) is 111 Å². The molecular formula is C19H19N5O3. The van der Waals surface area contributed by atoms with E-state index >= 15 is 0 Å². The molecule has 2 aromatic carbocycles. The quantitative estimate of drug-likeness (QED) is 0.623. The summed E-state index contributed by atoms with van der Waals surface area (Å²) >= 11 is 0. The molecule has 3 aromatic rings. The van der Waals surface area contributed by atoms with Crippen molar-refractivity contribution in [1.82, 2.24) is 9.78 Å². The van der Waals surface area contributed by atoms with Crippen molar-refractivity contribution in [1.29, 1.82) is 0 Å². The fourth-order valence-corrected chi connectivity index (χ4v) is 2.43. The van der Waals surface area contributed by atoms with Crippen molar-refractivity contribution in [2.45, 2.75) is 6.92 Å². The number of primary amides is 1. The van der Waals surface area contributed by atoms with Gasteiger partial charge in [-0.3, -0.25) is 4.79 Å². The zero-order chi connectivity index (χ0) is 19.2. The van der Waals surface area contributed by atoms with Crippen molar-refractivity contribution in [3.8, 4) is 11.4 Å². The van der Waals surface area contributed by atoms with Gasteiger partial charge in [0.1, 0.15) is 5.75 Å². The molecule has 1 heterocycles. The van der Waals surface area contributed by atoms with E-state index in [9.17, 15) is 9.59 Å². The Morgan fingerprint density at radius 3 is 2.56 bits per heavy atom. The molecule has 0 bridgehead atoms. The zero-order valence-electron chi connectivity index (χ0n) is 14.7. The average Bonchev–Trinajstić information content (AvgIpc) is 3.17. The van der Waals surface area contributed by atoms with E-state index in [2.05, 4.69) is 15.7 Å². The lowest BCUT2D eigenvalue weighted by Crippen LogP contribution is -2.20. The van der Waals surface area contributed by atoms with Crippen molar-refractivity contribution in [2.75, 3.05) is 17.2 Å². The summed E-state index contributed by atoms with van der Waals surface area (Å²) in [7, 11) is 0. The van der Waals surface area contributed by atoms with Crippen LogP contribution < -0.4 is 21.1 Å². The number of hydrogen-bond acceptors (Lipinski definition) is 4. The number of ether oxygens (including phenoxy) is 1. The maximum atomic E-state index is 12.2. The van der Waals surface area contributed by atoms with Crippen molar-refractivity contribution in [3.05, 3.63) is 66.5 Å². The lowest BCUT2D eigenvalue weighted by molar-refractivity contribution is -0.119. The van der Waals surface area contributed by atoms with E-state index in [1.807, 2.05) is 37.4 Å². The number of benzene rings is 2. The highest BCUT2D eigenvalue weighted by atomic mass is 16.5. The molecule has 1 aromatic heterocycles. The van der Waals surface area contributed by atoms with E-state index < -0.39 is 5.91 Å². The summed E-state index contributed by atoms with van der Waals surface area (Å²) in [5.41, 5.74) is 8.13. The molecule has 8 nitrogen and oxygen atoms in total. The third kappa shape index (κ3) is 4.85. The zero-order valence-corrected chi connectivity index (χ0v) is 14.7. The van der Waals surface area contributed by atoms with Crippen molar-refractivity contribution in [2.24, 2.45) is 5.73 Å². The van der Waals surface area contributed by atoms with Crippen LogP contribution in [-0.2, 0) is 4.79 Å². The molecule has 8 heteroatoms. The number of carbonyl (C=O) groups excluding carboxylic acids is 2. The van der Waals surface area contributed by atoms with Crippen molar-refractivity contribution in [3.63, 3.8) is 0 Å². The molecule has 0 atom stereocenters. The first-order chi connectivity index (χ1) is 13.0. The lowest BCUT2D eigenvalue weighted by Gasteiger charge is -2.12. The van der Waals surface area contributed by atoms with Gasteiger partial charge in [0, 0.05) is 23.8 Å². The van der Waals surface area contributed by atoms with Gasteiger partial charge in [0.2, 0.25) is 0 Å². The van der Waals surface area contributed by atoms with Gasteiger partial charge in [-0.05, 0) is 61.0 Å². The SMILES string of the molecule is Cc1cc(-n2cccn2)ccc1NC(=O)Nc1ccc(OCC(N)=O)cc1. The predicted molar refractivity (Wildman–Crippen MR) is 102 cm³/mol. The second-order valence-electron chi connectivity index (χ2n) is 5.81. The van der Waals surface area contributed by atoms with Gasteiger partial charge in [-0.25, -0.2) is 9.48 Å². The van der Waals surface area contributed by atoms with Crippen LogP contribution in [0.4, 0.5) is 16.2 Å². The van der Waals surface area contributed by atoms with E-state index in [-0.39, 0.29) is 12.6 Å². The largest absolute Gasteiger partial charge is 0.484 e. The lowest BCUT2D eigenvalue weighted by atomic mass is 10.2. The second kappa shape index (κ2) is 8.05. The van der Waals surface area contributed by atoms with Crippen LogP contribution in [0.15, 0.2) is 60.9 Å². The monoisotopic (exact) mass is 365 g/mol. The number of amides is 3. The number of urea groups is 1. The molecule has 0 unspecified atom stereocenters. The van der Waals surface area contributed by atoms with Crippen LogP contribution in [0.25, 0.3) is 5.69 Å². The third-order valence-electron chi connectivity index (χ3n) is 3.72. The molecule has 0 aliphatic carbocycles. The summed E-state index contributed by atoms with van der Waals surface area (Å²) in [5, 5.41) is 9.74. The van der Waals surface area contributed by atoms with Gasteiger partial charge in [0.15, 0.2) is 6.61 Å². The van der Waals surface area contributed by atoms with E-state index in [1.54, 1.807) is 35.1 Å². The van der Waals surface area contributed by atoms with E-state index in [4.69, 9.17) is 10.5 Å². The Hall–Kier alpha value is -3.81. The van der Waals surface area contributed by atoms with Gasteiger partial charge in [-0.2, -0.15) is 5.10 Å².